The van der Waals surface area contributed by atoms with E-state index in [9.17, 15) is 13.2 Å². The minimum Gasteiger partial charge on any atom is -0.364 e. The van der Waals surface area contributed by atoms with Gasteiger partial charge in [-0.1, -0.05) is 5.16 Å². The fraction of sp³-hybridized carbons (Fsp3) is 0.500. The van der Waals surface area contributed by atoms with Crippen LogP contribution in [0.5, 0.6) is 0 Å². The van der Waals surface area contributed by atoms with Crippen molar-refractivity contribution in [3.05, 3.63) is 30.3 Å². The molecule has 1 N–H and O–H groups in total. The van der Waals surface area contributed by atoms with Crippen molar-refractivity contribution in [2.45, 2.75) is 38.1 Å². The fourth-order valence-electron chi connectivity index (χ4n) is 2.78. The van der Waals surface area contributed by atoms with Crippen LogP contribution in [0.4, 0.5) is 5.82 Å². The molecule has 1 fully saturated rings. The quantitative estimate of drug-likeness (QED) is 0.810. The first-order valence-electron chi connectivity index (χ1n) is 7.72. The third kappa shape index (κ3) is 3.49. The second kappa shape index (κ2) is 6.73. The molecule has 0 bridgehead atoms. The second-order valence-corrected chi connectivity index (χ2v) is 7.31. The average Bonchev–Trinajstić information content (AvgIpc) is 3.19. The smallest absolute Gasteiger partial charge is 0.246 e. The number of piperidine rings is 1. The van der Waals surface area contributed by atoms with Crippen molar-refractivity contribution in [2.75, 3.05) is 11.4 Å². The molecule has 130 valence electrons. The zero-order chi connectivity index (χ0) is 17.2. The van der Waals surface area contributed by atoms with E-state index in [1.165, 1.54) is 12.3 Å². The lowest BCUT2D eigenvalue weighted by atomic mass is 10.1. The van der Waals surface area contributed by atoms with Gasteiger partial charge in [-0.2, -0.15) is 5.10 Å². The molecule has 10 heteroatoms. The lowest BCUT2D eigenvalue weighted by molar-refractivity contribution is -0.121. The maximum atomic E-state index is 12.7. The fourth-order valence-corrected chi connectivity index (χ4v) is 4.05. The standard InChI is InChI=1S/C14H19N5O4S/c1-2-19-13(5-7-15-19)18-8-3-4-12(14(18)20)17-24(21,22)10-11-6-9-23-16-11/h5-7,9,12,17H,2-4,8,10H2,1H3/t12-/m1/s1. The van der Waals surface area contributed by atoms with Crippen LogP contribution in [-0.4, -0.2) is 41.8 Å². The molecule has 0 unspecified atom stereocenters. The highest BCUT2D eigenvalue weighted by atomic mass is 32.2. The molecule has 2 aromatic heterocycles. The maximum Gasteiger partial charge on any atom is 0.246 e. The van der Waals surface area contributed by atoms with E-state index in [1.54, 1.807) is 21.8 Å². The first kappa shape index (κ1) is 16.7. The Labute approximate surface area is 139 Å². The Morgan fingerprint density at radius 2 is 2.25 bits per heavy atom. The summed E-state index contributed by atoms with van der Waals surface area (Å²) in [6, 6.07) is 2.46. The molecule has 0 aliphatic carbocycles. The molecule has 1 atom stereocenters. The number of aromatic nitrogens is 3. The van der Waals surface area contributed by atoms with Gasteiger partial charge in [-0.3, -0.25) is 9.69 Å². The van der Waals surface area contributed by atoms with Gasteiger partial charge in [0.2, 0.25) is 15.9 Å². The topological polar surface area (TPSA) is 110 Å². The van der Waals surface area contributed by atoms with Gasteiger partial charge in [-0.05, 0) is 19.8 Å². The van der Waals surface area contributed by atoms with Crippen molar-refractivity contribution < 1.29 is 17.7 Å². The number of aryl methyl sites for hydroxylation is 1. The third-order valence-corrected chi connectivity index (χ3v) is 5.18. The van der Waals surface area contributed by atoms with E-state index in [2.05, 4.69) is 19.5 Å². The average molecular weight is 353 g/mol. The van der Waals surface area contributed by atoms with Gasteiger partial charge in [-0.25, -0.2) is 17.8 Å². The van der Waals surface area contributed by atoms with Crippen LogP contribution in [0.1, 0.15) is 25.5 Å². The number of carbonyl (C=O) groups is 1. The summed E-state index contributed by atoms with van der Waals surface area (Å²) in [7, 11) is -3.69. The van der Waals surface area contributed by atoms with Crippen LogP contribution in [0.25, 0.3) is 0 Å². The molecule has 24 heavy (non-hydrogen) atoms. The van der Waals surface area contributed by atoms with Crippen molar-refractivity contribution in [1.29, 1.82) is 0 Å². The summed E-state index contributed by atoms with van der Waals surface area (Å²) in [5.74, 6) is 0.100. The molecule has 0 saturated carbocycles. The lowest BCUT2D eigenvalue weighted by Crippen LogP contribution is -2.53. The minimum absolute atomic E-state index is 0.264. The van der Waals surface area contributed by atoms with Crippen molar-refractivity contribution in [3.8, 4) is 0 Å². The summed E-state index contributed by atoms with van der Waals surface area (Å²) >= 11 is 0. The first-order valence-corrected chi connectivity index (χ1v) is 9.38. The monoisotopic (exact) mass is 353 g/mol. The highest BCUT2D eigenvalue weighted by Crippen LogP contribution is 2.21. The normalized spacial score (nSPS) is 19.0. The summed E-state index contributed by atoms with van der Waals surface area (Å²) in [4.78, 5) is 14.3. The molecule has 0 aromatic carbocycles. The van der Waals surface area contributed by atoms with Crippen LogP contribution < -0.4 is 9.62 Å². The number of anilines is 1. The summed E-state index contributed by atoms with van der Waals surface area (Å²) in [5.41, 5.74) is 0.298. The number of nitrogens with zero attached hydrogens (tertiary/aromatic N) is 4. The Morgan fingerprint density at radius 3 is 2.96 bits per heavy atom. The zero-order valence-corrected chi connectivity index (χ0v) is 14.1. The van der Waals surface area contributed by atoms with E-state index in [4.69, 9.17) is 0 Å². The van der Waals surface area contributed by atoms with E-state index in [0.29, 0.717) is 37.4 Å². The Bertz CT molecular complexity index is 799. The van der Waals surface area contributed by atoms with Crippen LogP contribution in [0, 0.1) is 0 Å². The predicted molar refractivity (Wildman–Crippen MR) is 85.5 cm³/mol. The predicted octanol–water partition coefficient (Wildman–Crippen LogP) is 0.506. The summed E-state index contributed by atoms with van der Waals surface area (Å²) in [5, 5.41) is 7.75. The molecular formula is C14H19N5O4S. The molecule has 1 amide bonds. The van der Waals surface area contributed by atoms with Gasteiger partial charge in [0.25, 0.3) is 0 Å². The largest absolute Gasteiger partial charge is 0.364 e. The summed E-state index contributed by atoms with van der Waals surface area (Å²) in [6.07, 6.45) is 4.11. The van der Waals surface area contributed by atoms with Gasteiger partial charge in [0.05, 0.1) is 11.9 Å². The van der Waals surface area contributed by atoms with Crippen LogP contribution in [0.2, 0.25) is 0 Å². The van der Waals surface area contributed by atoms with Gasteiger partial charge in [0.15, 0.2) is 0 Å². The van der Waals surface area contributed by atoms with Crippen molar-refractivity contribution in [3.63, 3.8) is 0 Å². The number of sulfonamides is 1. The molecule has 1 saturated heterocycles. The number of hydrogen-bond acceptors (Lipinski definition) is 6. The van der Waals surface area contributed by atoms with Crippen molar-refractivity contribution >= 4 is 21.7 Å². The van der Waals surface area contributed by atoms with Gasteiger partial charge in [0, 0.05) is 25.2 Å². The number of hydrogen-bond donors (Lipinski definition) is 1. The Hall–Kier alpha value is -2.20. The van der Waals surface area contributed by atoms with Gasteiger partial charge >= 0.3 is 0 Å². The second-order valence-electron chi connectivity index (χ2n) is 5.56. The van der Waals surface area contributed by atoms with Crippen molar-refractivity contribution in [1.82, 2.24) is 19.7 Å². The van der Waals surface area contributed by atoms with Gasteiger partial charge < -0.3 is 4.52 Å². The molecule has 1 aliphatic heterocycles. The number of nitrogens with one attached hydrogen (secondary N) is 1. The third-order valence-electron chi connectivity index (χ3n) is 3.86. The van der Waals surface area contributed by atoms with Gasteiger partial charge in [0.1, 0.15) is 23.9 Å². The Kier molecular flexibility index (Phi) is 4.67. The lowest BCUT2D eigenvalue weighted by Gasteiger charge is -2.32. The minimum atomic E-state index is -3.69. The van der Waals surface area contributed by atoms with Crippen LogP contribution in [0.3, 0.4) is 0 Å². The molecule has 2 aromatic rings. The van der Waals surface area contributed by atoms with E-state index < -0.39 is 16.1 Å². The summed E-state index contributed by atoms with van der Waals surface area (Å²) in [6.45, 7) is 3.11. The van der Waals surface area contributed by atoms with Gasteiger partial charge in [-0.15, -0.1) is 0 Å². The van der Waals surface area contributed by atoms with E-state index in [1.807, 2.05) is 6.92 Å². The highest BCUT2D eigenvalue weighted by molar-refractivity contribution is 7.88. The molecule has 0 radical (unpaired) electrons. The molecular weight excluding hydrogens is 334 g/mol. The molecule has 3 rings (SSSR count). The Balaban J connectivity index is 1.73. The maximum absolute atomic E-state index is 12.7. The zero-order valence-electron chi connectivity index (χ0n) is 13.3. The van der Waals surface area contributed by atoms with Crippen LogP contribution in [0.15, 0.2) is 29.1 Å². The Morgan fingerprint density at radius 1 is 1.42 bits per heavy atom. The molecule has 0 spiro atoms. The number of carbonyl (C=O) groups excluding carboxylic acids is 1. The van der Waals surface area contributed by atoms with E-state index >= 15 is 0 Å². The SMILES string of the molecule is CCn1nccc1N1CCC[C@@H](NS(=O)(=O)Cc2ccon2)C1=O. The van der Waals surface area contributed by atoms with E-state index in [-0.39, 0.29) is 11.7 Å². The molecule has 9 nitrogen and oxygen atoms in total. The molecule has 1 aliphatic rings. The highest BCUT2D eigenvalue weighted by Gasteiger charge is 2.34. The van der Waals surface area contributed by atoms with Crippen molar-refractivity contribution in [2.24, 2.45) is 0 Å². The number of amides is 1. The molecule has 3 heterocycles. The number of rotatable bonds is 6. The first-order chi connectivity index (χ1) is 11.5. The summed E-state index contributed by atoms with van der Waals surface area (Å²) < 4.78 is 33.3. The van der Waals surface area contributed by atoms with Crippen LogP contribution in [-0.2, 0) is 27.1 Å². The van der Waals surface area contributed by atoms with E-state index in [0.717, 1.165) is 0 Å². The van der Waals surface area contributed by atoms with Crippen LogP contribution >= 0.6 is 0 Å².